The van der Waals surface area contributed by atoms with Crippen LogP contribution < -0.4 is 15.8 Å². The Hall–Kier alpha value is -2.04. The van der Waals surface area contributed by atoms with E-state index in [1.54, 1.807) is 21.0 Å². The molecule has 5 nitrogen and oxygen atoms in total. The molecule has 20 heavy (non-hydrogen) atoms. The fourth-order valence-corrected chi connectivity index (χ4v) is 1.69. The number of hydrogen-bond acceptors (Lipinski definition) is 3. The molecule has 0 aromatic heterocycles. The molecule has 0 aliphatic heterocycles. The summed E-state index contributed by atoms with van der Waals surface area (Å²) in [5, 5.41) is 2.73. The van der Waals surface area contributed by atoms with Gasteiger partial charge in [-0.25, -0.2) is 0 Å². The number of amides is 2. The standard InChI is InChI=1S/C15H22N2O3/c1-10-5-6-12(20-4)11(7-10)8-13(18)17-9-15(2,3)14(16)19/h5-7H,8-9H2,1-4H3,(H2,16,19)(H,17,18). The third kappa shape index (κ3) is 4.26. The minimum absolute atomic E-state index is 0.164. The summed E-state index contributed by atoms with van der Waals surface area (Å²) in [6.07, 6.45) is 0.208. The molecular formula is C15H22N2O3. The van der Waals surface area contributed by atoms with E-state index in [9.17, 15) is 9.59 Å². The highest BCUT2D eigenvalue weighted by molar-refractivity contribution is 5.83. The van der Waals surface area contributed by atoms with Gasteiger partial charge in [-0.2, -0.15) is 0 Å². The number of carbonyl (C=O) groups excluding carboxylic acids is 2. The van der Waals surface area contributed by atoms with E-state index in [0.717, 1.165) is 11.1 Å². The summed E-state index contributed by atoms with van der Waals surface area (Å²) in [5.74, 6) is 0.0778. The number of carbonyl (C=O) groups is 2. The fourth-order valence-electron chi connectivity index (χ4n) is 1.69. The summed E-state index contributed by atoms with van der Waals surface area (Å²) >= 11 is 0. The van der Waals surface area contributed by atoms with Gasteiger partial charge in [-0.1, -0.05) is 17.7 Å². The van der Waals surface area contributed by atoms with Crippen LogP contribution in [0.15, 0.2) is 18.2 Å². The van der Waals surface area contributed by atoms with Crippen LogP contribution in [-0.2, 0) is 16.0 Å². The van der Waals surface area contributed by atoms with Crippen LogP contribution in [-0.4, -0.2) is 25.5 Å². The van der Waals surface area contributed by atoms with Crippen molar-refractivity contribution in [3.63, 3.8) is 0 Å². The van der Waals surface area contributed by atoms with Gasteiger partial charge in [0, 0.05) is 12.1 Å². The number of rotatable bonds is 6. The van der Waals surface area contributed by atoms with Crippen LogP contribution in [0.4, 0.5) is 0 Å². The summed E-state index contributed by atoms with van der Waals surface area (Å²) in [5.41, 5.74) is 6.39. The van der Waals surface area contributed by atoms with Crippen LogP contribution in [0.1, 0.15) is 25.0 Å². The Balaban J connectivity index is 2.68. The molecule has 0 atom stereocenters. The van der Waals surface area contributed by atoms with E-state index in [0.29, 0.717) is 5.75 Å². The lowest BCUT2D eigenvalue weighted by Crippen LogP contribution is -2.42. The van der Waals surface area contributed by atoms with Gasteiger partial charge in [0.1, 0.15) is 5.75 Å². The third-order valence-corrected chi connectivity index (χ3v) is 3.18. The first-order valence-electron chi connectivity index (χ1n) is 6.46. The lowest BCUT2D eigenvalue weighted by Gasteiger charge is -2.20. The van der Waals surface area contributed by atoms with E-state index >= 15 is 0 Å². The van der Waals surface area contributed by atoms with Crippen LogP contribution >= 0.6 is 0 Å². The molecule has 2 amide bonds. The van der Waals surface area contributed by atoms with Crippen molar-refractivity contribution in [1.29, 1.82) is 0 Å². The number of ether oxygens (including phenoxy) is 1. The molecule has 5 heteroatoms. The first-order chi connectivity index (χ1) is 9.26. The summed E-state index contributed by atoms with van der Waals surface area (Å²) in [6, 6.07) is 5.68. The highest BCUT2D eigenvalue weighted by Crippen LogP contribution is 2.20. The maximum absolute atomic E-state index is 11.9. The minimum Gasteiger partial charge on any atom is -0.496 e. The Morgan fingerprint density at radius 1 is 1.35 bits per heavy atom. The van der Waals surface area contributed by atoms with E-state index in [-0.39, 0.29) is 18.9 Å². The van der Waals surface area contributed by atoms with E-state index in [4.69, 9.17) is 10.5 Å². The normalized spacial score (nSPS) is 11.0. The maximum atomic E-state index is 11.9. The van der Waals surface area contributed by atoms with Gasteiger partial charge in [0.05, 0.1) is 18.9 Å². The molecule has 3 N–H and O–H groups in total. The summed E-state index contributed by atoms with van der Waals surface area (Å²) in [4.78, 5) is 23.1. The van der Waals surface area contributed by atoms with Gasteiger partial charge >= 0.3 is 0 Å². The average molecular weight is 278 g/mol. The molecule has 0 saturated heterocycles. The van der Waals surface area contributed by atoms with Gasteiger partial charge in [-0.15, -0.1) is 0 Å². The highest BCUT2D eigenvalue weighted by atomic mass is 16.5. The Bertz CT molecular complexity index is 510. The summed E-state index contributed by atoms with van der Waals surface area (Å²) < 4.78 is 5.23. The number of methoxy groups -OCH3 is 1. The number of hydrogen-bond donors (Lipinski definition) is 2. The van der Waals surface area contributed by atoms with Crippen molar-refractivity contribution >= 4 is 11.8 Å². The second-order valence-electron chi connectivity index (χ2n) is 5.52. The first-order valence-corrected chi connectivity index (χ1v) is 6.46. The first kappa shape index (κ1) is 16.0. The summed E-state index contributed by atoms with van der Waals surface area (Å²) in [6.45, 7) is 5.57. The lowest BCUT2D eigenvalue weighted by atomic mass is 9.92. The van der Waals surface area contributed by atoms with Crippen molar-refractivity contribution in [3.8, 4) is 5.75 Å². The van der Waals surface area contributed by atoms with Crippen LogP contribution in [0.5, 0.6) is 5.75 Å². The number of benzene rings is 1. The molecule has 1 aromatic rings. The molecule has 0 radical (unpaired) electrons. The van der Waals surface area contributed by atoms with Gasteiger partial charge in [-0.3, -0.25) is 9.59 Å². The number of nitrogens with two attached hydrogens (primary N) is 1. The monoisotopic (exact) mass is 278 g/mol. The highest BCUT2D eigenvalue weighted by Gasteiger charge is 2.25. The van der Waals surface area contributed by atoms with Gasteiger partial charge in [-0.05, 0) is 26.8 Å². The van der Waals surface area contributed by atoms with E-state index in [1.165, 1.54) is 0 Å². The molecule has 0 unspecified atom stereocenters. The molecule has 0 saturated carbocycles. The zero-order valence-electron chi connectivity index (χ0n) is 12.4. The Morgan fingerprint density at radius 2 is 2.00 bits per heavy atom. The number of primary amides is 1. The van der Waals surface area contributed by atoms with Crippen molar-refractivity contribution in [3.05, 3.63) is 29.3 Å². The van der Waals surface area contributed by atoms with Crippen LogP contribution in [0.3, 0.4) is 0 Å². The largest absolute Gasteiger partial charge is 0.496 e. The molecule has 1 rings (SSSR count). The average Bonchev–Trinajstić information content (AvgIpc) is 2.36. The van der Waals surface area contributed by atoms with Crippen molar-refractivity contribution in [2.45, 2.75) is 27.2 Å². The van der Waals surface area contributed by atoms with Crippen molar-refractivity contribution in [1.82, 2.24) is 5.32 Å². The van der Waals surface area contributed by atoms with Gasteiger partial charge in [0.2, 0.25) is 11.8 Å². The zero-order valence-corrected chi connectivity index (χ0v) is 12.4. The van der Waals surface area contributed by atoms with Crippen molar-refractivity contribution < 1.29 is 14.3 Å². The van der Waals surface area contributed by atoms with Gasteiger partial charge in [0.25, 0.3) is 0 Å². The molecule has 110 valence electrons. The second kappa shape index (κ2) is 6.41. The number of aryl methyl sites for hydroxylation is 1. The predicted molar refractivity (Wildman–Crippen MR) is 77.4 cm³/mol. The Labute approximate surface area is 119 Å². The maximum Gasteiger partial charge on any atom is 0.224 e. The summed E-state index contributed by atoms with van der Waals surface area (Å²) in [7, 11) is 1.57. The SMILES string of the molecule is COc1ccc(C)cc1CC(=O)NCC(C)(C)C(N)=O. The molecule has 0 fully saturated rings. The molecule has 0 heterocycles. The van der Waals surface area contributed by atoms with E-state index in [2.05, 4.69) is 5.32 Å². The van der Waals surface area contributed by atoms with Crippen molar-refractivity contribution in [2.24, 2.45) is 11.1 Å². The zero-order chi connectivity index (χ0) is 15.3. The lowest BCUT2D eigenvalue weighted by molar-refractivity contribution is -0.126. The molecule has 0 aliphatic rings. The third-order valence-electron chi connectivity index (χ3n) is 3.18. The predicted octanol–water partition coefficient (Wildman–Crippen LogP) is 1.17. The second-order valence-corrected chi connectivity index (χ2v) is 5.52. The van der Waals surface area contributed by atoms with Crippen LogP contribution in [0, 0.1) is 12.3 Å². The molecule has 1 aromatic carbocycles. The molecule has 0 bridgehead atoms. The number of nitrogens with one attached hydrogen (secondary N) is 1. The van der Waals surface area contributed by atoms with Gasteiger partial charge < -0.3 is 15.8 Å². The van der Waals surface area contributed by atoms with Crippen molar-refractivity contribution in [2.75, 3.05) is 13.7 Å². The van der Waals surface area contributed by atoms with E-state index in [1.807, 2.05) is 25.1 Å². The van der Waals surface area contributed by atoms with Crippen LogP contribution in [0.25, 0.3) is 0 Å². The van der Waals surface area contributed by atoms with Crippen LogP contribution in [0.2, 0.25) is 0 Å². The fraction of sp³-hybridized carbons (Fsp3) is 0.467. The smallest absolute Gasteiger partial charge is 0.224 e. The molecule has 0 spiro atoms. The Morgan fingerprint density at radius 3 is 2.55 bits per heavy atom. The molecule has 0 aliphatic carbocycles. The van der Waals surface area contributed by atoms with E-state index < -0.39 is 11.3 Å². The Kier molecular flexibility index (Phi) is 5.13. The quantitative estimate of drug-likeness (QED) is 0.819. The van der Waals surface area contributed by atoms with Gasteiger partial charge in [0.15, 0.2) is 0 Å². The molecular weight excluding hydrogens is 256 g/mol. The topological polar surface area (TPSA) is 81.4 Å². The minimum atomic E-state index is -0.758.